The summed E-state index contributed by atoms with van der Waals surface area (Å²) in [7, 11) is -3.74. The van der Waals surface area contributed by atoms with Crippen LogP contribution in [0.5, 0.6) is 0 Å². The van der Waals surface area contributed by atoms with Crippen LogP contribution in [0.4, 0.5) is 0 Å². The Morgan fingerprint density at radius 1 is 0.700 bits per heavy atom. The second kappa shape index (κ2) is 7.40. The van der Waals surface area contributed by atoms with Crippen molar-refractivity contribution < 1.29 is 8.42 Å². The molecule has 0 amide bonds. The molecule has 0 saturated heterocycles. The van der Waals surface area contributed by atoms with Crippen LogP contribution in [0.1, 0.15) is 11.4 Å². The standard InChI is InChI=1S/C22H19N5O2S/c28-30(29,20-8-2-1-3-9-20)25(16-18-14-23-21-10-4-6-12-26(18)21)17-19-15-24-22-11-5-7-13-27(19)22/h1-15H,16-17H2. The van der Waals surface area contributed by atoms with Crippen LogP contribution in [0.3, 0.4) is 0 Å². The van der Waals surface area contributed by atoms with Gasteiger partial charge in [0.05, 0.1) is 41.8 Å². The monoisotopic (exact) mass is 417 g/mol. The number of pyridine rings is 2. The minimum absolute atomic E-state index is 0.183. The zero-order valence-corrected chi connectivity index (χ0v) is 16.9. The molecule has 5 rings (SSSR count). The van der Waals surface area contributed by atoms with Gasteiger partial charge in [-0.2, -0.15) is 4.31 Å². The number of benzene rings is 1. The van der Waals surface area contributed by atoms with E-state index in [1.165, 1.54) is 4.31 Å². The normalized spacial score (nSPS) is 12.2. The summed E-state index contributed by atoms with van der Waals surface area (Å²) in [6.45, 7) is 0.366. The van der Waals surface area contributed by atoms with Gasteiger partial charge in [-0.1, -0.05) is 30.3 Å². The van der Waals surface area contributed by atoms with E-state index in [-0.39, 0.29) is 18.0 Å². The van der Waals surface area contributed by atoms with Gasteiger partial charge in [-0.15, -0.1) is 0 Å². The SMILES string of the molecule is O=S(=O)(c1ccccc1)N(Cc1cnc2ccccn12)Cc1cnc2ccccn12. The molecule has 0 saturated carbocycles. The van der Waals surface area contributed by atoms with Gasteiger partial charge in [0.1, 0.15) is 11.3 Å². The number of imidazole rings is 2. The van der Waals surface area contributed by atoms with E-state index in [4.69, 9.17) is 0 Å². The fourth-order valence-corrected chi connectivity index (χ4v) is 4.94. The lowest BCUT2D eigenvalue weighted by Gasteiger charge is -2.22. The van der Waals surface area contributed by atoms with Crippen molar-refractivity contribution in [1.82, 2.24) is 23.1 Å². The van der Waals surface area contributed by atoms with Crippen molar-refractivity contribution >= 4 is 21.3 Å². The fourth-order valence-electron chi connectivity index (χ4n) is 3.53. The molecule has 0 aliphatic carbocycles. The van der Waals surface area contributed by atoms with Crippen LogP contribution in [0.25, 0.3) is 11.3 Å². The Kier molecular flexibility index (Phi) is 4.57. The highest BCUT2D eigenvalue weighted by Gasteiger charge is 2.27. The molecular weight excluding hydrogens is 398 g/mol. The first-order valence-corrected chi connectivity index (χ1v) is 10.9. The molecule has 150 valence electrons. The first-order chi connectivity index (χ1) is 14.6. The molecule has 8 heteroatoms. The quantitative estimate of drug-likeness (QED) is 0.425. The third-order valence-corrected chi connectivity index (χ3v) is 6.85. The molecule has 0 atom stereocenters. The van der Waals surface area contributed by atoms with Crippen molar-refractivity contribution in [2.24, 2.45) is 0 Å². The Morgan fingerprint density at radius 2 is 1.20 bits per heavy atom. The van der Waals surface area contributed by atoms with Crippen molar-refractivity contribution in [2.45, 2.75) is 18.0 Å². The number of nitrogens with zero attached hydrogens (tertiary/aromatic N) is 5. The summed E-state index contributed by atoms with van der Waals surface area (Å²) < 4.78 is 32.3. The highest BCUT2D eigenvalue weighted by atomic mass is 32.2. The third kappa shape index (κ3) is 3.26. The lowest BCUT2D eigenvalue weighted by molar-refractivity contribution is 0.391. The minimum atomic E-state index is -3.74. The van der Waals surface area contributed by atoms with Gasteiger partial charge in [-0.3, -0.25) is 0 Å². The van der Waals surface area contributed by atoms with Crippen LogP contribution in [0.15, 0.2) is 96.4 Å². The lowest BCUT2D eigenvalue weighted by Crippen LogP contribution is -2.31. The van der Waals surface area contributed by atoms with Crippen molar-refractivity contribution in [3.63, 3.8) is 0 Å². The molecule has 4 aromatic heterocycles. The lowest BCUT2D eigenvalue weighted by atomic mass is 10.4. The first kappa shape index (κ1) is 18.5. The van der Waals surface area contributed by atoms with Gasteiger partial charge in [0, 0.05) is 12.4 Å². The Bertz CT molecular complexity index is 1350. The largest absolute Gasteiger partial charge is 0.303 e. The summed E-state index contributed by atoms with van der Waals surface area (Å²) in [6.07, 6.45) is 7.22. The summed E-state index contributed by atoms with van der Waals surface area (Å²) in [5.74, 6) is 0. The molecule has 4 heterocycles. The molecule has 1 aromatic carbocycles. The Hall–Kier alpha value is -3.49. The smallest absolute Gasteiger partial charge is 0.243 e. The van der Waals surface area contributed by atoms with Crippen molar-refractivity contribution in [1.29, 1.82) is 0 Å². The van der Waals surface area contributed by atoms with E-state index in [1.54, 1.807) is 42.7 Å². The van der Waals surface area contributed by atoms with E-state index in [1.807, 2.05) is 57.6 Å². The maximum Gasteiger partial charge on any atom is 0.243 e. The van der Waals surface area contributed by atoms with Gasteiger partial charge in [-0.25, -0.2) is 18.4 Å². The van der Waals surface area contributed by atoms with Crippen LogP contribution < -0.4 is 0 Å². The Balaban J connectivity index is 1.58. The molecule has 0 aliphatic rings. The number of fused-ring (bicyclic) bond motifs is 2. The van der Waals surface area contributed by atoms with Crippen molar-refractivity contribution in [2.75, 3.05) is 0 Å². The summed E-state index contributed by atoms with van der Waals surface area (Å²) >= 11 is 0. The summed E-state index contributed by atoms with van der Waals surface area (Å²) in [6, 6.07) is 19.9. The highest BCUT2D eigenvalue weighted by molar-refractivity contribution is 7.89. The molecular formula is C22H19N5O2S. The van der Waals surface area contributed by atoms with Crippen LogP contribution in [0, 0.1) is 0 Å². The highest BCUT2D eigenvalue weighted by Crippen LogP contribution is 2.22. The number of rotatable bonds is 6. The van der Waals surface area contributed by atoms with Gasteiger partial charge in [-0.05, 0) is 36.4 Å². The van der Waals surface area contributed by atoms with Gasteiger partial charge >= 0.3 is 0 Å². The topological polar surface area (TPSA) is 72.0 Å². The van der Waals surface area contributed by atoms with E-state index in [9.17, 15) is 8.42 Å². The van der Waals surface area contributed by atoms with E-state index in [2.05, 4.69) is 9.97 Å². The number of hydrogen-bond acceptors (Lipinski definition) is 4. The summed E-state index contributed by atoms with van der Waals surface area (Å²) in [4.78, 5) is 9.05. The van der Waals surface area contributed by atoms with Crippen LogP contribution >= 0.6 is 0 Å². The molecule has 0 N–H and O–H groups in total. The molecule has 0 bridgehead atoms. The summed E-state index contributed by atoms with van der Waals surface area (Å²) in [5.41, 5.74) is 3.14. The molecule has 0 fully saturated rings. The summed E-state index contributed by atoms with van der Waals surface area (Å²) in [5, 5.41) is 0. The maximum atomic E-state index is 13.5. The molecule has 7 nitrogen and oxygen atoms in total. The third-order valence-electron chi connectivity index (χ3n) is 5.04. The molecule has 0 radical (unpaired) electrons. The number of hydrogen-bond donors (Lipinski definition) is 0. The first-order valence-electron chi connectivity index (χ1n) is 9.50. The number of sulfonamides is 1. The average Bonchev–Trinajstić information content (AvgIpc) is 3.38. The predicted molar refractivity (Wildman–Crippen MR) is 113 cm³/mol. The van der Waals surface area contributed by atoms with Crippen molar-refractivity contribution in [3.05, 3.63) is 103 Å². The molecule has 5 aromatic rings. The van der Waals surface area contributed by atoms with Gasteiger partial charge in [0.2, 0.25) is 10.0 Å². The molecule has 0 aliphatic heterocycles. The Labute approximate surface area is 173 Å². The minimum Gasteiger partial charge on any atom is -0.303 e. The van der Waals surface area contributed by atoms with E-state index >= 15 is 0 Å². The van der Waals surface area contributed by atoms with E-state index in [0.29, 0.717) is 0 Å². The van der Waals surface area contributed by atoms with Crippen LogP contribution in [-0.4, -0.2) is 31.5 Å². The molecule has 30 heavy (non-hydrogen) atoms. The predicted octanol–water partition coefficient (Wildman–Crippen LogP) is 3.37. The van der Waals surface area contributed by atoms with Crippen LogP contribution in [-0.2, 0) is 23.1 Å². The van der Waals surface area contributed by atoms with Gasteiger partial charge in [0.15, 0.2) is 0 Å². The molecule has 0 spiro atoms. The van der Waals surface area contributed by atoms with E-state index < -0.39 is 10.0 Å². The van der Waals surface area contributed by atoms with Crippen LogP contribution in [0.2, 0.25) is 0 Å². The second-order valence-electron chi connectivity index (χ2n) is 6.94. The van der Waals surface area contributed by atoms with E-state index in [0.717, 1.165) is 22.7 Å². The molecule has 0 unspecified atom stereocenters. The second-order valence-corrected chi connectivity index (χ2v) is 8.88. The zero-order chi connectivity index (χ0) is 20.6. The van der Waals surface area contributed by atoms with Gasteiger partial charge < -0.3 is 8.80 Å². The fraction of sp³-hybridized carbons (Fsp3) is 0.0909. The zero-order valence-electron chi connectivity index (χ0n) is 16.0. The number of aromatic nitrogens is 4. The van der Waals surface area contributed by atoms with Gasteiger partial charge in [0.25, 0.3) is 0 Å². The Morgan fingerprint density at radius 3 is 1.73 bits per heavy atom. The average molecular weight is 417 g/mol. The van der Waals surface area contributed by atoms with Crippen molar-refractivity contribution in [3.8, 4) is 0 Å². The maximum absolute atomic E-state index is 13.5.